The number of rotatable bonds is 5. The van der Waals surface area contributed by atoms with Crippen LogP contribution in [0, 0.1) is 10.8 Å². The predicted octanol–water partition coefficient (Wildman–Crippen LogP) is 1.31. The summed E-state index contributed by atoms with van der Waals surface area (Å²) >= 11 is 0. The maximum atomic E-state index is 11.5. The van der Waals surface area contributed by atoms with Crippen LogP contribution in [0.25, 0.3) is 0 Å². The van der Waals surface area contributed by atoms with Crippen LogP contribution in [0.1, 0.15) is 27.7 Å². The average molecular weight is 210 g/mol. The number of hydrogen-bond acceptors (Lipinski definition) is 2. The minimum absolute atomic E-state index is 0.0699. The molecule has 15 heavy (non-hydrogen) atoms. The monoisotopic (exact) mass is 210 g/mol. The van der Waals surface area contributed by atoms with Gasteiger partial charge in [0.1, 0.15) is 0 Å². The maximum absolute atomic E-state index is 11.5. The molecule has 0 unspecified atom stereocenters. The topological polar surface area (TPSA) is 41.1 Å². The van der Waals surface area contributed by atoms with Gasteiger partial charge in [0.2, 0.25) is 5.91 Å². The van der Waals surface area contributed by atoms with Crippen molar-refractivity contribution < 1.29 is 4.79 Å². The zero-order valence-electron chi connectivity index (χ0n) is 10.2. The fourth-order valence-electron chi connectivity index (χ4n) is 2.06. The van der Waals surface area contributed by atoms with E-state index in [1.165, 1.54) is 0 Å². The fraction of sp³-hybridized carbons (Fsp3) is 0.750. The van der Waals surface area contributed by atoms with Crippen molar-refractivity contribution in [2.45, 2.75) is 33.7 Å². The van der Waals surface area contributed by atoms with Crippen molar-refractivity contribution in [1.82, 2.24) is 10.6 Å². The van der Waals surface area contributed by atoms with Gasteiger partial charge in [0, 0.05) is 12.6 Å². The van der Waals surface area contributed by atoms with Crippen LogP contribution in [0.5, 0.6) is 0 Å². The van der Waals surface area contributed by atoms with Crippen molar-refractivity contribution in [3.63, 3.8) is 0 Å². The minimum atomic E-state index is 0.0699. The third kappa shape index (κ3) is 2.23. The van der Waals surface area contributed by atoms with Crippen LogP contribution < -0.4 is 10.6 Å². The molecule has 0 saturated heterocycles. The van der Waals surface area contributed by atoms with Crippen LogP contribution in [0.3, 0.4) is 0 Å². The second-order valence-electron chi connectivity index (χ2n) is 5.36. The zero-order chi connectivity index (χ0) is 11.7. The van der Waals surface area contributed by atoms with E-state index in [1.807, 2.05) is 0 Å². The van der Waals surface area contributed by atoms with E-state index >= 15 is 0 Å². The van der Waals surface area contributed by atoms with E-state index in [1.54, 1.807) is 6.08 Å². The van der Waals surface area contributed by atoms with Crippen molar-refractivity contribution in [3.05, 3.63) is 12.7 Å². The van der Waals surface area contributed by atoms with Crippen LogP contribution >= 0.6 is 0 Å². The Morgan fingerprint density at radius 2 is 1.87 bits per heavy atom. The summed E-state index contributed by atoms with van der Waals surface area (Å²) in [7, 11) is 0. The Kier molecular flexibility index (Phi) is 3.24. The first-order valence-corrected chi connectivity index (χ1v) is 5.45. The average Bonchev–Trinajstić information content (AvgIpc) is 2.49. The summed E-state index contributed by atoms with van der Waals surface area (Å²) in [5.41, 5.74) is 0.419. The SMILES string of the molecule is C=CCNCC(=O)NC1C(C)(C)C1(C)C. The molecule has 3 nitrogen and oxygen atoms in total. The Labute approximate surface area is 92.3 Å². The van der Waals surface area contributed by atoms with E-state index in [0.717, 1.165) is 0 Å². The van der Waals surface area contributed by atoms with Gasteiger partial charge in [-0.15, -0.1) is 6.58 Å². The maximum Gasteiger partial charge on any atom is 0.234 e. The third-order valence-electron chi connectivity index (χ3n) is 3.90. The van der Waals surface area contributed by atoms with Gasteiger partial charge >= 0.3 is 0 Å². The van der Waals surface area contributed by atoms with Gasteiger partial charge in [-0.05, 0) is 10.8 Å². The molecule has 0 aromatic heterocycles. The van der Waals surface area contributed by atoms with Crippen LogP contribution in [0.2, 0.25) is 0 Å². The molecular weight excluding hydrogens is 188 g/mol. The summed E-state index contributed by atoms with van der Waals surface area (Å²) < 4.78 is 0. The Morgan fingerprint density at radius 1 is 1.33 bits per heavy atom. The molecule has 0 aromatic rings. The van der Waals surface area contributed by atoms with Crippen molar-refractivity contribution in [2.75, 3.05) is 13.1 Å². The highest BCUT2D eigenvalue weighted by molar-refractivity contribution is 5.79. The van der Waals surface area contributed by atoms with Crippen LogP contribution in [-0.4, -0.2) is 25.0 Å². The fourth-order valence-corrected chi connectivity index (χ4v) is 2.06. The van der Waals surface area contributed by atoms with Gasteiger partial charge in [-0.2, -0.15) is 0 Å². The van der Waals surface area contributed by atoms with Gasteiger partial charge < -0.3 is 10.6 Å². The highest BCUT2D eigenvalue weighted by atomic mass is 16.2. The van der Waals surface area contributed by atoms with Gasteiger partial charge in [0.05, 0.1) is 6.54 Å². The molecule has 3 heteroatoms. The van der Waals surface area contributed by atoms with Crippen LogP contribution in [0.4, 0.5) is 0 Å². The molecule has 0 aliphatic heterocycles. The highest BCUT2D eigenvalue weighted by Crippen LogP contribution is 2.62. The standard InChI is InChI=1S/C12H22N2O/c1-6-7-13-8-9(15)14-10-11(2,3)12(10,4)5/h6,10,13H,1,7-8H2,2-5H3,(H,14,15). The molecule has 0 bridgehead atoms. The van der Waals surface area contributed by atoms with E-state index < -0.39 is 0 Å². The molecule has 0 heterocycles. The number of amides is 1. The minimum Gasteiger partial charge on any atom is -0.351 e. The molecule has 0 aromatic carbocycles. The molecule has 1 saturated carbocycles. The summed E-state index contributed by atoms with van der Waals surface area (Å²) in [4.78, 5) is 11.5. The Hall–Kier alpha value is -0.830. The molecule has 1 amide bonds. The van der Waals surface area contributed by atoms with E-state index in [4.69, 9.17) is 0 Å². The molecule has 0 radical (unpaired) electrons. The van der Waals surface area contributed by atoms with Crippen LogP contribution in [0.15, 0.2) is 12.7 Å². The number of nitrogens with one attached hydrogen (secondary N) is 2. The molecular formula is C12H22N2O. The molecule has 1 aliphatic carbocycles. The van der Waals surface area contributed by atoms with Gasteiger partial charge in [0.15, 0.2) is 0 Å². The summed E-state index contributed by atoms with van der Waals surface area (Å²) in [6.07, 6.45) is 1.75. The van der Waals surface area contributed by atoms with E-state index in [9.17, 15) is 4.79 Å². The van der Waals surface area contributed by atoms with Gasteiger partial charge in [-0.3, -0.25) is 4.79 Å². The quantitative estimate of drug-likeness (QED) is 0.530. The second kappa shape index (κ2) is 3.97. The Bertz CT molecular complexity index is 255. The lowest BCUT2D eigenvalue weighted by atomic mass is 10.0. The number of carbonyl (C=O) groups excluding carboxylic acids is 1. The smallest absolute Gasteiger partial charge is 0.234 e. The van der Waals surface area contributed by atoms with Gasteiger partial charge in [-0.1, -0.05) is 33.8 Å². The van der Waals surface area contributed by atoms with Crippen molar-refractivity contribution in [1.29, 1.82) is 0 Å². The molecule has 0 atom stereocenters. The van der Waals surface area contributed by atoms with E-state index in [2.05, 4.69) is 44.9 Å². The number of carbonyl (C=O) groups is 1. The first-order valence-electron chi connectivity index (χ1n) is 5.45. The van der Waals surface area contributed by atoms with Gasteiger partial charge in [0.25, 0.3) is 0 Å². The van der Waals surface area contributed by atoms with Crippen molar-refractivity contribution >= 4 is 5.91 Å². The summed E-state index contributed by atoms with van der Waals surface area (Å²) in [5, 5.41) is 6.05. The highest BCUT2D eigenvalue weighted by Gasteiger charge is 2.65. The Balaban J connectivity index is 2.32. The van der Waals surface area contributed by atoms with Crippen molar-refractivity contribution in [3.8, 4) is 0 Å². The van der Waals surface area contributed by atoms with Crippen LogP contribution in [-0.2, 0) is 4.79 Å². The lowest BCUT2D eigenvalue weighted by Crippen LogP contribution is -2.37. The number of hydrogen-bond donors (Lipinski definition) is 2. The lowest BCUT2D eigenvalue weighted by molar-refractivity contribution is -0.120. The zero-order valence-corrected chi connectivity index (χ0v) is 10.2. The van der Waals surface area contributed by atoms with Gasteiger partial charge in [-0.25, -0.2) is 0 Å². The largest absolute Gasteiger partial charge is 0.351 e. The molecule has 86 valence electrons. The molecule has 0 spiro atoms. The van der Waals surface area contributed by atoms with Crippen molar-refractivity contribution in [2.24, 2.45) is 10.8 Å². The summed E-state index contributed by atoms with van der Waals surface area (Å²) in [5.74, 6) is 0.0699. The summed E-state index contributed by atoms with van der Waals surface area (Å²) in [6, 6.07) is 0.294. The summed E-state index contributed by atoms with van der Waals surface area (Å²) in [6.45, 7) is 13.4. The van der Waals surface area contributed by atoms with E-state index in [-0.39, 0.29) is 16.7 Å². The lowest BCUT2D eigenvalue weighted by Gasteiger charge is -2.06. The third-order valence-corrected chi connectivity index (χ3v) is 3.90. The first kappa shape index (κ1) is 12.2. The normalized spacial score (nSPS) is 22.1. The predicted molar refractivity (Wildman–Crippen MR) is 62.6 cm³/mol. The Morgan fingerprint density at radius 3 is 2.27 bits per heavy atom. The molecule has 2 N–H and O–H groups in total. The molecule has 1 fully saturated rings. The molecule has 1 aliphatic rings. The first-order chi connectivity index (χ1) is 6.84. The second-order valence-corrected chi connectivity index (χ2v) is 5.36. The molecule has 1 rings (SSSR count). The van der Waals surface area contributed by atoms with E-state index in [0.29, 0.717) is 19.1 Å².